The van der Waals surface area contributed by atoms with Crippen LogP contribution in [-0.2, 0) is 4.79 Å². The van der Waals surface area contributed by atoms with Gasteiger partial charge < -0.3 is 15.3 Å². The number of aliphatic hydroxyl groups excluding tert-OH is 1. The molecule has 4 heteroatoms. The number of aliphatic carboxylic acids is 1. The highest BCUT2D eigenvalue weighted by Gasteiger charge is 2.40. The van der Waals surface area contributed by atoms with Gasteiger partial charge in [0.2, 0.25) is 0 Å². The Bertz CT molecular complexity index is 262. The maximum Gasteiger partial charge on any atom is 0.313 e. The van der Waals surface area contributed by atoms with Crippen molar-refractivity contribution in [1.82, 2.24) is 0 Å². The van der Waals surface area contributed by atoms with E-state index >= 15 is 0 Å². The van der Waals surface area contributed by atoms with Gasteiger partial charge in [-0.05, 0) is 13.0 Å². The summed E-state index contributed by atoms with van der Waals surface area (Å²) in [6, 6.07) is 0. The maximum absolute atomic E-state index is 10.6. The monoisotopic (exact) mass is 170 g/mol. The number of hydrogen-bond acceptors (Lipinski definition) is 3. The van der Waals surface area contributed by atoms with E-state index in [-0.39, 0.29) is 5.76 Å². The number of carbonyl (C=O) groups is 1. The van der Waals surface area contributed by atoms with Crippen molar-refractivity contribution >= 4 is 5.97 Å². The van der Waals surface area contributed by atoms with Gasteiger partial charge in [-0.1, -0.05) is 12.2 Å². The predicted octanol–water partition coefficient (Wildman–Crippen LogP) is 0.450. The Morgan fingerprint density at radius 3 is 2.67 bits per heavy atom. The molecule has 2 unspecified atom stereocenters. The number of carboxylic acid groups (broad SMARTS) is 1. The lowest BCUT2D eigenvalue weighted by molar-refractivity contribution is -0.147. The number of carboxylic acids is 1. The first-order valence-corrected chi connectivity index (χ1v) is 3.49. The van der Waals surface area contributed by atoms with Gasteiger partial charge in [-0.15, -0.1) is 0 Å². The first kappa shape index (κ1) is 8.80. The van der Waals surface area contributed by atoms with E-state index in [1.165, 1.54) is 25.2 Å². The fourth-order valence-electron chi connectivity index (χ4n) is 1.10. The van der Waals surface area contributed by atoms with Crippen LogP contribution in [-0.4, -0.2) is 26.9 Å². The molecule has 12 heavy (non-hydrogen) atoms. The van der Waals surface area contributed by atoms with Crippen LogP contribution in [0.5, 0.6) is 0 Å². The molecule has 0 fully saturated rings. The summed E-state index contributed by atoms with van der Waals surface area (Å²) in [6.45, 7) is 1.27. The minimum Gasteiger partial charge on any atom is -0.509 e. The third kappa shape index (κ3) is 1.21. The highest BCUT2D eigenvalue weighted by Crippen LogP contribution is 2.28. The Morgan fingerprint density at radius 1 is 1.67 bits per heavy atom. The van der Waals surface area contributed by atoms with Crippen molar-refractivity contribution in [1.29, 1.82) is 0 Å². The fraction of sp³-hybridized carbons (Fsp3) is 0.375. The first-order chi connectivity index (χ1) is 5.46. The van der Waals surface area contributed by atoms with E-state index in [9.17, 15) is 9.90 Å². The molecule has 0 aromatic carbocycles. The van der Waals surface area contributed by atoms with Gasteiger partial charge in [-0.25, -0.2) is 0 Å². The van der Waals surface area contributed by atoms with Gasteiger partial charge in [0.15, 0.2) is 0 Å². The summed E-state index contributed by atoms with van der Waals surface area (Å²) >= 11 is 0. The van der Waals surface area contributed by atoms with Gasteiger partial charge in [-0.3, -0.25) is 4.79 Å². The third-order valence-electron chi connectivity index (χ3n) is 1.95. The summed E-state index contributed by atoms with van der Waals surface area (Å²) in [5.41, 5.74) is -1.69. The quantitative estimate of drug-likeness (QED) is 0.534. The molecule has 0 radical (unpaired) electrons. The number of aliphatic hydroxyl groups is 2. The topological polar surface area (TPSA) is 77.8 Å². The third-order valence-corrected chi connectivity index (χ3v) is 1.95. The van der Waals surface area contributed by atoms with E-state index in [1.807, 2.05) is 0 Å². The molecule has 0 spiro atoms. The van der Waals surface area contributed by atoms with Gasteiger partial charge in [0.05, 0.1) is 0 Å². The second-order valence-electron chi connectivity index (χ2n) is 2.90. The highest BCUT2D eigenvalue weighted by molar-refractivity contribution is 5.75. The van der Waals surface area contributed by atoms with Crippen molar-refractivity contribution in [3.8, 4) is 0 Å². The Labute approximate surface area is 69.5 Å². The van der Waals surface area contributed by atoms with Crippen LogP contribution in [0.25, 0.3) is 0 Å². The molecule has 4 nitrogen and oxygen atoms in total. The standard InChI is InChI=1S/C8H10O4/c1-8(12)5(7(10)11)3-2-4-6(8)9/h2-5,9,12H,1H3,(H,10,11). The average Bonchev–Trinajstić information content (AvgIpc) is 1.94. The summed E-state index contributed by atoms with van der Waals surface area (Å²) in [6.07, 6.45) is 4.02. The maximum atomic E-state index is 10.6. The van der Waals surface area contributed by atoms with E-state index in [4.69, 9.17) is 10.2 Å². The molecule has 3 N–H and O–H groups in total. The number of rotatable bonds is 1. The molecule has 0 saturated carbocycles. The molecule has 0 bridgehead atoms. The Morgan fingerprint density at radius 2 is 2.25 bits per heavy atom. The Balaban J connectivity index is 3.01. The largest absolute Gasteiger partial charge is 0.509 e. The summed E-state index contributed by atoms with van der Waals surface area (Å²) in [5.74, 6) is -2.56. The van der Waals surface area contributed by atoms with E-state index in [2.05, 4.69) is 0 Å². The van der Waals surface area contributed by atoms with Crippen LogP contribution < -0.4 is 0 Å². The normalized spacial score (nSPS) is 34.5. The van der Waals surface area contributed by atoms with Gasteiger partial charge in [0, 0.05) is 0 Å². The highest BCUT2D eigenvalue weighted by atomic mass is 16.4. The average molecular weight is 170 g/mol. The second-order valence-corrected chi connectivity index (χ2v) is 2.90. The van der Waals surface area contributed by atoms with Crippen molar-refractivity contribution in [2.75, 3.05) is 0 Å². The van der Waals surface area contributed by atoms with Crippen LogP contribution >= 0.6 is 0 Å². The molecule has 0 saturated heterocycles. The smallest absolute Gasteiger partial charge is 0.313 e. The molecule has 0 amide bonds. The van der Waals surface area contributed by atoms with Crippen molar-refractivity contribution in [2.24, 2.45) is 5.92 Å². The van der Waals surface area contributed by atoms with Crippen LogP contribution in [0.1, 0.15) is 6.92 Å². The van der Waals surface area contributed by atoms with Crippen molar-refractivity contribution < 1.29 is 20.1 Å². The molecule has 1 aliphatic carbocycles. The van der Waals surface area contributed by atoms with E-state index in [0.29, 0.717) is 0 Å². The number of allylic oxidation sites excluding steroid dienone is 2. The Kier molecular flexibility index (Phi) is 1.94. The number of hydrogen-bond donors (Lipinski definition) is 3. The summed E-state index contributed by atoms with van der Waals surface area (Å²) in [4.78, 5) is 10.6. The molecule has 0 aromatic heterocycles. The SMILES string of the molecule is CC1(O)C(O)=CC=CC1C(=O)O. The lowest BCUT2D eigenvalue weighted by atomic mass is 9.84. The van der Waals surface area contributed by atoms with Gasteiger partial charge in [-0.2, -0.15) is 0 Å². The molecular formula is C8H10O4. The van der Waals surface area contributed by atoms with E-state index in [1.54, 1.807) is 0 Å². The molecule has 66 valence electrons. The molecular weight excluding hydrogens is 160 g/mol. The van der Waals surface area contributed by atoms with Crippen LogP contribution in [0.4, 0.5) is 0 Å². The van der Waals surface area contributed by atoms with Crippen molar-refractivity contribution in [2.45, 2.75) is 12.5 Å². The van der Waals surface area contributed by atoms with Crippen LogP contribution in [0.2, 0.25) is 0 Å². The molecule has 0 aliphatic heterocycles. The first-order valence-electron chi connectivity index (χ1n) is 3.49. The Hall–Kier alpha value is -1.29. The zero-order chi connectivity index (χ0) is 9.35. The van der Waals surface area contributed by atoms with Gasteiger partial charge in [0.1, 0.15) is 17.3 Å². The zero-order valence-electron chi connectivity index (χ0n) is 6.56. The van der Waals surface area contributed by atoms with E-state index < -0.39 is 17.5 Å². The minimum absolute atomic E-state index is 0.322. The van der Waals surface area contributed by atoms with Crippen LogP contribution in [0.15, 0.2) is 24.0 Å². The van der Waals surface area contributed by atoms with Crippen molar-refractivity contribution in [3.63, 3.8) is 0 Å². The van der Waals surface area contributed by atoms with Crippen LogP contribution in [0.3, 0.4) is 0 Å². The molecule has 0 heterocycles. The van der Waals surface area contributed by atoms with Gasteiger partial charge in [0.25, 0.3) is 0 Å². The van der Waals surface area contributed by atoms with Gasteiger partial charge >= 0.3 is 5.97 Å². The summed E-state index contributed by atoms with van der Waals surface area (Å²) in [7, 11) is 0. The van der Waals surface area contributed by atoms with E-state index in [0.717, 1.165) is 0 Å². The summed E-state index contributed by atoms with van der Waals surface area (Å²) in [5, 5.41) is 27.3. The van der Waals surface area contributed by atoms with Crippen LogP contribution in [0, 0.1) is 5.92 Å². The fourth-order valence-corrected chi connectivity index (χ4v) is 1.10. The molecule has 2 atom stereocenters. The van der Waals surface area contributed by atoms with Crippen molar-refractivity contribution in [3.05, 3.63) is 24.0 Å². The minimum atomic E-state index is -1.69. The molecule has 1 rings (SSSR count). The lowest BCUT2D eigenvalue weighted by Gasteiger charge is -2.29. The second kappa shape index (κ2) is 2.64. The molecule has 0 aromatic rings. The summed E-state index contributed by atoms with van der Waals surface area (Å²) < 4.78 is 0. The predicted molar refractivity (Wildman–Crippen MR) is 41.6 cm³/mol. The zero-order valence-corrected chi connectivity index (χ0v) is 6.56. The molecule has 1 aliphatic rings. The lowest BCUT2D eigenvalue weighted by Crippen LogP contribution is -2.41.